The van der Waals surface area contributed by atoms with Gasteiger partial charge in [-0.1, -0.05) is 37.3 Å². The summed E-state index contributed by atoms with van der Waals surface area (Å²) in [6.07, 6.45) is 8.76. The molecule has 1 aliphatic heterocycles. The topological polar surface area (TPSA) is 18.5 Å². The monoisotopic (exact) mass is 374 g/mol. The van der Waals surface area contributed by atoms with Crippen LogP contribution in [0.15, 0.2) is 24.3 Å². The lowest BCUT2D eigenvalue weighted by molar-refractivity contribution is -0.197. The molecule has 2 aliphatic rings. The lowest BCUT2D eigenvalue weighted by atomic mass is 9.81. The van der Waals surface area contributed by atoms with E-state index in [0.29, 0.717) is 18.8 Å². The zero-order chi connectivity index (χ0) is 19.2. The maximum Gasteiger partial charge on any atom is 0.184 e. The van der Waals surface area contributed by atoms with E-state index in [1.807, 2.05) is 19.1 Å². The zero-order valence-electron chi connectivity index (χ0n) is 16.1. The van der Waals surface area contributed by atoms with Crippen LogP contribution in [0, 0.1) is 41.2 Å². The van der Waals surface area contributed by atoms with Crippen molar-refractivity contribution in [2.24, 2.45) is 17.8 Å². The van der Waals surface area contributed by atoms with Gasteiger partial charge in [0, 0.05) is 17.4 Å². The lowest BCUT2D eigenvalue weighted by Crippen LogP contribution is -2.26. The van der Waals surface area contributed by atoms with Crippen molar-refractivity contribution < 1.29 is 18.3 Å². The Bertz CT molecular complexity index is 693. The van der Waals surface area contributed by atoms with Crippen molar-refractivity contribution in [3.8, 4) is 11.8 Å². The maximum absolute atomic E-state index is 14.5. The fraction of sp³-hybridized carbons (Fsp3) is 0.565. The summed E-state index contributed by atoms with van der Waals surface area (Å²) in [6.45, 7) is 5.09. The van der Waals surface area contributed by atoms with Gasteiger partial charge >= 0.3 is 0 Å². The van der Waals surface area contributed by atoms with Crippen molar-refractivity contribution in [2.75, 3.05) is 13.2 Å². The van der Waals surface area contributed by atoms with Gasteiger partial charge in [0.2, 0.25) is 0 Å². The number of benzene rings is 1. The Kier molecular flexibility index (Phi) is 7.04. The second kappa shape index (κ2) is 9.48. The predicted octanol–water partition coefficient (Wildman–Crippen LogP) is 5.77. The molecule has 0 aromatic heterocycles. The van der Waals surface area contributed by atoms with Gasteiger partial charge in [-0.25, -0.2) is 8.78 Å². The highest BCUT2D eigenvalue weighted by atomic mass is 19.1. The summed E-state index contributed by atoms with van der Waals surface area (Å²) in [7, 11) is 0. The molecule has 146 valence electrons. The van der Waals surface area contributed by atoms with Gasteiger partial charge in [-0.3, -0.25) is 0 Å². The van der Waals surface area contributed by atoms with Crippen LogP contribution in [0.1, 0.15) is 63.4 Å². The Morgan fingerprint density at radius 3 is 2.26 bits per heavy atom. The SMILES string of the molecule is C/C=C/C1COC(c2cc(F)c(C#CC3CCC(CC)CC3)c(F)c2)OC1. The van der Waals surface area contributed by atoms with Gasteiger partial charge in [-0.15, -0.1) is 0 Å². The Hall–Kier alpha value is -1.70. The van der Waals surface area contributed by atoms with E-state index in [4.69, 9.17) is 9.47 Å². The van der Waals surface area contributed by atoms with Crippen molar-refractivity contribution in [1.82, 2.24) is 0 Å². The first kappa shape index (κ1) is 20.0. The number of hydrogen-bond donors (Lipinski definition) is 0. The molecule has 0 bridgehead atoms. The molecule has 2 fully saturated rings. The molecule has 0 N–H and O–H groups in total. The Morgan fingerprint density at radius 1 is 1.07 bits per heavy atom. The minimum absolute atomic E-state index is 0.154. The van der Waals surface area contributed by atoms with Crippen molar-refractivity contribution >= 4 is 0 Å². The summed E-state index contributed by atoms with van der Waals surface area (Å²) >= 11 is 0. The average Bonchev–Trinajstić information content (AvgIpc) is 2.68. The largest absolute Gasteiger partial charge is 0.348 e. The van der Waals surface area contributed by atoms with Crippen molar-refractivity contribution in [3.05, 3.63) is 47.0 Å². The summed E-state index contributed by atoms with van der Waals surface area (Å²) < 4.78 is 40.2. The molecule has 1 aromatic carbocycles. The van der Waals surface area contributed by atoms with Gasteiger partial charge in [0.15, 0.2) is 6.29 Å². The molecule has 1 aromatic rings. The number of hydrogen-bond acceptors (Lipinski definition) is 2. The molecule has 0 amide bonds. The van der Waals surface area contributed by atoms with E-state index < -0.39 is 17.9 Å². The molecule has 0 radical (unpaired) electrons. The minimum Gasteiger partial charge on any atom is -0.348 e. The van der Waals surface area contributed by atoms with Gasteiger partial charge in [0.1, 0.15) is 11.6 Å². The van der Waals surface area contributed by atoms with Gasteiger partial charge < -0.3 is 9.47 Å². The molecule has 27 heavy (non-hydrogen) atoms. The summed E-state index contributed by atoms with van der Waals surface area (Å²) in [5, 5.41) is 0. The van der Waals surface area contributed by atoms with Crippen molar-refractivity contribution in [3.63, 3.8) is 0 Å². The van der Waals surface area contributed by atoms with Crippen LogP contribution < -0.4 is 0 Å². The molecule has 1 heterocycles. The van der Waals surface area contributed by atoms with Crippen molar-refractivity contribution in [1.29, 1.82) is 0 Å². The normalized spacial score (nSPS) is 28.7. The van der Waals surface area contributed by atoms with E-state index in [0.717, 1.165) is 31.6 Å². The van der Waals surface area contributed by atoms with E-state index in [2.05, 4.69) is 18.8 Å². The number of ether oxygens (including phenoxy) is 2. The highest BCUT2D eigenvalue weighted by Crippen LogP contribution is 2.31. The summed E-state index contributed by atoms with van der Waals surface area (Å²) in [6, 6.07) is 2.56. The fourth-order valence-corrected chi connectivity index (χ4v) is 3.83. The van der Waals surface area contributed by atoms with Crippen LogP contribution in [0.3, 0.4) is 0 Å². The molecule has 0 spiro atoms. The Labute approximate surface area is 160 Å². The van der Waals surface area contributed by atoms with Crippen molar-refractivity contribution in [2.45, 2.75) is 52.2 Å². The molecule has 1 aliphatic carbocycles. The van der Waals surface area contributed by atoms with Crippen LogP contribution in [0.4, 0.5) is 8.78 Å². The molecule has 0 atom stereocenters. The molecular formula is C23H28F2O2. The first-order valence-corrected chi connectivity index (χ1v) is 9.97. The van der Waals surface area contributed by atoms with Gasteiger partial charge in [0.05, 0.1) is 18.8 Å². The van der Waals surface area contributed by atoms with E-state index >= 15 is 0 Å². The summed E-state index contributed by atoms with van der Waals surface area (Å²) in [5.74, 6) is 5.72. The van der Waals surface area contributed by atoms with E-state index in [1.165, 1.54) is 18.6 Å². The average molecular weight is 374 g/mol. The first-order chi connectivity index (χ1) is 13.1. The van der Waals surface area contributed by atoms with Gasteiger partial charge in [-0.05, 0) is 50.7 Å². The number of rotatable bonds is 3. The highest BCUT2D eigenvalue weighted by molar-refractivity contribution is 5.40. The predicted molar refractivity (Wildman–Crippen MR) is 102 cm³/mol. The second-order valence-electron chi connectivity index (χ2n) is 7.54. The number of halogens is 2. The molecule has 1 saturated heterocycles. The molecule has 0 unspecified atom stereocenters. The van der Waals surface area contributed by atoms with Crippen LogP contribution in [-0.2, 0) is 9.47 Å². The minimum atomic E-state index is -0.734. The molecule has 1 saturated carbocycles. The van der Waals surface area contributed by atoms with Gasteiger partial charge in [0.25, 0.3) is 0 Å². The third-order valence-corrected chi connectivity index (χ3v) is 5.55. The molecule has 2 nitrogen and oxygen atoms in total. The third kappa shape index (κ3) is 5.18. The summed E-state index contributed by atoms with van der Waals surface area (Å²) in [5.41, 5.74) is 0.205. The fourth-order valence-electron chi connectivity index (χ4n) is 3.83. The second-order valence-corrected chi connectivity index (χ2v) is 7.54. The van der Waals surface area contributed by atoms with Crippen LogP contribution in [0.5, 0.6) is 0 Å². The zero-order valence-corrected chi connectivity index (χ0v) is 16.1. The standard InChI is InChI=1S/C23H28F2O2/c1-3-5-18-14-26-23(27-15-18)19-12-21(24)20(22(25)13-19)11-10-17-8-6-16(4-2)7-9-17/h3,5,12-13,16-18,23H,4,6-9,14-15H2,1-2H3/b5-3+. The summed E-state index contributed by atoms with van der Waals surface area (Å²) in [4.78, 5) is 0. The van der Waals surface area contributed by atoms with Crippen LogP contribution in [-0.4, -0.2) is 13.2 Å². The smallest absolute Gasteiger partial charge is 0.184 e. The van der Waals surface area contributed by atoms with E-state index in [-0.39, 0.29) is 17.4 Å². The van der Waals surface area contributed by atoms with Crippen LogP contribution in [0.2, 0.25) is 0 Å². The maximum atomic E-state index is 14.5. The van der Waals surface area contributed by atoms with Crippen LogP contribution >= 0.6 is 0 Å². The molecule has 3 rings (SSSR count). The van der Waals surface area contributed by atoms with Gasteiger partial charge in [-0.2, -0.15) is 0 Å². The van der Waals surface area contributed by atoms with Crippen LogP contribution in [0.25, 0.3) is 0 Å². The first-order valence-electron chi connectivity index (χ1n) is 9.97. The number of allylic oxidation sites excluding steroid dienone is 1. The molecule has 4 heteroatoms. The lowest BCUT2D eigenvalue weighted by Gasteiger charge is -2.28. The quantitative estimate of drug-likeness (QED) is 0.494. The third-order valence-electron chi connectivity index (χ3n) is 5.55. The Balaban J connectivity index is 1.67. The molecular weight excluding hydrogens is 346 g/mol. The Morgan fingerprint density at radius 2 is 1.70 bits per heavy atom. The highest BCUT2D eigenvalue weighted by Gasteiger charge is 2.24. The van der Waals surface area contributed by atoms with E-state index in [1.54, 1.807) is 0 Å². The van der Waals surface area contributed by atoms with E-state index in [9.17, 15) is 8.78 Å².